The van der Waals surface area contributed by atoms with E-state index in [0.717, 1.165) is 6.42 Å². The Labute approximate surface area is 215 Å². The van der Waals surface area contributed by atoms with Crippen LogP contribution in [0.1, 0.15) is 66.7 Å². The molecule has 3 aliphatic heterocycles. The molecule has 1 N–H and O–H groups in total. The van der Waals surface area contributed by atoms with Crippen molar-refractivity contribution in [2.75, 3.05) is 26.3 Å². The number of amides is 2. The molecule has 2 unspecified atom stereocenters. The number of nitrogens with zero attached hydrogens (tertiary/aromatic N) is 2. The van der Waals surface area contributed by atoms with E-state index in [1.165, 1.54) is 0 Å². The lowest BCUT2D eigenvalue weighted by Gasteiger charge is -2.45. The maximum atomic E-state index is 14.4. The zero-order valence-corrected chi connectivity index (χ0v) is 22.6. The summed E-state index contributed by atoms with van der Waals surface area (Å²) in [7, 11) is 0. The van der Waals surface area contributed by atoms with Gasteiger partial charge >= 0.3 is 5.97 Å². The number of rotatable bonds is 12. The number of hydrogen-bond acceptors (Lipinski definition) is 6. The molecule has 0 aromatic carbocycles. The third-order valence-corrected chi connectivity index (χ3v) is 7.70. The highest BCUT2D eigenvalue weighted by atomic mass is 16.6. The van der Waals surface area contributed by atoms with E-state index in [0.29, 0.717) is 32.2 Å². The molecule has 0 aromatic heterocycles. The number of aliphatic hydroxyl groups excluding tert-OH is 1. The van der Waals surface area contributed by atoms with Crippen LogP contribution in [-0.2, 0) is 23.9 Å². The number of ether oxygens (including phenoxy) is 2. The first-order chi connectivity index (χ1) is 16.8. The second-order valence-corrected chi connectivity index (χ2v) is 12.2. The van der Waals surface area contributed by atoms with Gasteiger partial charge in [0.25, 0.3) is 0 Å². The molecular formula is C28H44N2O6. The molecule has 36 heavy (non-hydrogen) atoms. The van der Waals surface area contributed by atoms with Crippen LogP contribution >= 0.6 is 0 Å². The Morgan fingerprint density at radius 3 is 2.53 bits per heavy atom. The number of hydrogen-bond donors (Lipinski definition) is 1. The first-order valence-electron chi connectivity index (χ1n) is 13.1. The summed E-state index contributed by atoms with van der Waals surface area (Å²) in [6.45, 7) is 18.7. The van der Waals surface area contributed by atoms with Gasteiger partial charge in [-0.2, -0.15) is 0 Å². The quantitative estimate of drug-likeness (QED) is 0.249. The summed E-state index contributed by atoms with van der Waals surface area (Å²) in [5.74, 6) is -2.41. The zero-order chi connectivity index (χ0) is 26.9. The monoisotopic (exact) mass is 504 g/mol. The van der Waals surface area contributed by atoms with Gasteiger partial charge in [-0.25, -0.2) is 0 Å². The molecule has 0 radical (unpaired) electrons. The van der Waals surface area contributed by atoms with Crippen LogP contribution in [0.3, 0.4) is 0 Å². The first-order valence-corrected chi connectivity index (χ1v) is 13.1. The lowest BCUT2D eigenvalue weighted by atomic mass is 9.70. The maximum absolute atomic E-state index is 14.4. The second-order valence-electron chi connectivity index (χ2n) is 12.2. The Kier molecular flexibility index (Phi) is 8.40. The summed E-state index contributed by atoms with van der Waals surface area (Å²) in [6, 6.07) is -0.864. The number of carbonyl (C=O) groups is 3. The van der Waals surface area contributed by atoms with Crippen LogP contribution in [0, 0.1) is 17.3 Å². The second kappa shape index (κ2) is 10.7. The largest absolute Gasteiger partial charge is 0.465 e. The molecule has 3 aliphatic rings. The molecule has 8 nitrogen and oxygen atoms in total. The number of aliphatic hydroxyl groups is 1. The van der Waals surface area contributed by atoms with Gasteiger partial charge in [-0.15, -0.1) is 13.2 Å². The lowest BCUT2D eigenvalue weighted by Crippen LogP contribution is -2.61. The maximum Gasteiger partial charge on any atom is 0.312 e. The van der Waals surface area contributed by atoms with Crippen molar-refractivity contribution in [2.45, 2.75) is 90.0 Å². The van der Waals surface area contributed by atoms with Crippen molar-refractivity contribution in [3.05, 3.63) is 25.3 Å². The average molecular weight is 505 g/mol. The van der Waals surface area contributed by atoms with E-state index in [2.05, 4.69) is 33.9 Å². The standard InChI is InChI=1S/C28H44N2O6/c1-8-10-17-35-25(34)20-19-12-13-28(36-19)21(20)23(32)29(15-11-16-31)22(28)24(33)30(14-9-2)27(6,7)18-26(3,4)5/h8-9,19-22,31H,1-2,10-18H2,3-7H3/t19-,20-,21-,22?,28?/m0/s1. The van der Waals surface area contributed by atoms with Crippen LogP contribution in [0.4, 0.5) is 0 Å². The minimum atomic E-state index is -1.08. The zero-order valence-electron chi connectivity index (χ0n) is 22.6. The van der Waals surface area contributed by atoms with Gasteiger partial charge in [-0.05, 0) is 51.4 Å². The number of likely N-dealkylation sites (tertiary alicyclic amines) is 1. The van der Waals surface area contributed by atoms with Crippen molar-refractivity contribution in [3.63, 3.8) is 0 Å². The number of esters is 1. The van der Waals surface area contributed by atoms with Gasteiger partial charge in [0.1, 0.15) is 11.6 Å². The van der Waals surface area contributed by atoms with Gasteiger partial charge in [0.05, 0.1) is 24.5 Å². The van der Waals surface area contributed by atoms with Gasteiger partial charge in [0.15, 0.2) is 0 Å². The van der Waals surface area contributed by atoms with E-state index >= 15 is 0 Å². The van der Waals surface area contributed by atoms with E-state index in [1.807, 2.05) is 13.8 Å². The molecule has 3 rings (SSSR count). The van der Waals surface area contributed by atoms with E-state index in [1.54, 1.807) is 22.0 Å². The number of carbonyl (C=O) groups excluding carboxylic acids is 3. The topological polar surface area (TPSA) is 96.4 Å². The van der Waals surface area contributed by atoms with Crippen LogP contribution < -0.4 is 0 Å². The van der Waals surface area contributed by atoms with Gasteiger partial charge in [0.2, 0.25) is 11.8 Å². The summed E-state index contributed by atoms with van der Waals surface area (Å²) in [4.78, 5) is 44.7. The molecule has 2 bridgehead atoms. The van der Waals surface area contributed by atoms with Crippen LogP contribution in [0.15, 0.2) is 25.3 Å². The lowest BCUT2D eigenvalue weighted by molar-refractivity contribution is -0.156. The summed E-state index contributed by atoms with van der Waals surface area (Å²) in [5, 5.41) is 9.52. The van der Waals surface area contributed by atoms with Crippen molar-refractivity contribution in [1.82, 2.24) is 9.80 Å². The fourth-order valence-corrected chi connectivity index (χ4v) is 6.83. The fourth-order valence-electron chi connectivity index (χ4n) is 6.83. The summed E-state index contributed by atoms with van der Waals surface area (Å²) >= 11 is 0. The molecule has 3 saturated heterocycles. The van der Waals surface area contributed by atoms with E-state index in [9.17, 15) is 19.5 Å². The average Bonchev–Trinajstić information content (AvgIpc) is 3.41. The number of fused-ring (bicyclic) bond motifs is 1. The van der Waals surface area contributed by atoms with Gasteiger partial charge in [0, 0.05) is 25.2 Å². The van der Waals surface area contributed by atoms with Crippen molar-refractivity contribution < 1.29 is 29.0 Å². The van der Waals surface area contributed by atoms with Crippen LogP contribution in [-0.4, -0.2) is 82.3 Å². The first kappa shape index (κ1) is 28.4. The highest BCUT2D eigenvalue weighted by molar-refractivity contribution is 5.98. The SMILES string of the molecule is C=CCCOC(=O)[C@H]1[C@@H]2CCC3(O2)C(C(=O)N(CC=C)C(C)(C)CC(C)(C)C)N(CCCO)C(=O)[C@H]13. The van der Waals surface area contributed by atoms with Crippen molar-refractivity contribution >= 4 is 17.8 Å². The molecule has 0 saturated carbocycles. The molecule has 202 valence electrons. The van der Waals surface area contributed by atoms with E-state index in [-0.39, 0.29) is 37.0 Å². The van der Waals surface area contributed by atoms with Gasteiger partial charge in [-0.1, -0.05) is 32.9 Å². The smallest absolute Gasteiger partial charge is 0.312 e. The normalized spacial score (nSPS) is 29.3. The Morgan fingerprint density at radius 2 is 1.94 bits per heavy atom. The molecule has 3 heterocycles. The minimum absolute atomic E-state index is 0.0330. The summed E-state index contributed by atoms with van der Waals surface area (Å²) in [5.41, 5.74) is -1.62. The molecule has 2 amide bonds. The molecule has 3 fully saturated rings. The molecule has 5 atom stereocenters. The van der Waals surface area contributed by atoms with Crippen molar-refractivity contribution in [3.8, 4) is 0 Å². The molecule has 1 spiro atoms. The summed E-state index contributed by atoms with van der Waals surface area (Å²) in [6.07, 6.45) is 5.66. The predicted octanol–water partition coefficient (Wildman–Crippen LogP) is 3.09. The Hall–Kier alpha value is -2.19. The Bertz CT molecular complexity index is 878. The minimum Gasteiger partial charge on any atom is -0.465 e. The third-order valence-electron chi connectivity index (χ3n) is 7.70. The van der Waals surface area contributed by atoms with Gasteiger partial charge in [-0.3, -0.25) is 14.4 Å². The van der Waals surface area contributed by atoms with Crippen molar-refractivity contribution in [2.24, 2.45) is 17.3 Å². The fraction of sp³-hybridized carbons (Fsp3) is 0.750. The van der Waals surface area contributed by atoms with E-state index in [4.69, 9.17) is 9.47 Å². The highest BCUT2D eigenvalue weighted by Crippen LogP contribution is 2.59. The van der Waals surface area contributed by atoms with Crippen molar-refractivity contribution in [1.29, 1.82) is 0 Å². The molecule has 0 aromatic rings. The molecular weight excluding hydrogens is 460 g/mol. The van der Waals surface area contributed by atoms with Crippen LogP contribution in [0.2, 0.25) is 0 Å². The predicted molar refractivity (Wildman–Crippen MR) is 137 cm³/mol. The third kappa shape index (κ3) is 5.12. The Morgan fingerprint density at radius 1 is 1.25 bits per heavy atom. The van der Waals surface area contributed by atoms with E-state index < -0.39 is 41.1 Å². The molecule has 0 aliphatic carbocycles. The van der Waals surface area contributed by atoms with Crippen LogP contribution in [0.25, 0.3) is 0 Å². The molecule has 8 heteroatoms. The van der Waals surface area contributed by atoms with Crippen LogP contribution in [0.5, 0.6) is 0 Å². The Balaban J connectivity index is 2.01. The van der Waals surface area contributed by atoms with Gasteiger partial charge < -0.3 is 24.4 Å². The highest BCUT2D eigenvalue weighted by Gasteiger charge is 2.75. The summed E-state index contributed by atoms with van der Waals surface area (Å²) < 4.78 is 11.9.